The van der Waals surface area contributed by atoms with Crippen molar-refractivity contribution >= 4 is 0 Å². The van der Waals surface area contributed by atoms with Crippen molar-refractivity contribution in [2.75, 3.05) is 19.8 Å². The summed E-state index contributed by atoms with van der Waals surface area (Å²) in [6, 6.07) is 3.34. The minimum Gasteiger partial charge on any atom is -0.489 e. The Balaban J connectivity index is 2.08. The van der Waals surface area contributed by atoms with Crippen molar-refractivity contribution in [1.82, 2.24) is 0 Å². The topological polar surface area (TPSA) is 44.5 Å². The van der Waals surface area contributed by atoms with Crippen LogP contribution in [0, 0.1) is 5.82 Å². The van der Waals surface area contributed by atoms with Gasteiger partial charge in [-0.15, -0.1) is 0 Å². The lowest BCUT2D eigenvalue weighted by Gasteiger charge is -2.38. The first-order valence-corrected chi connectivity index (χ1v) is 7.55. The Labute approximate surface area is 119 Å². The van der Waals surface area contributed by atoms with Gasteiger partial charge in [0.1, 0.15) is 0 Å². The Bertz CT molecular complexity index is 484. The van der Waals surface area contributed by atoms with Crippen LogP contribution in [-0.2, 0) is 5.41 Å². The Morgan fingerprint density at radius 2 is 1.70 bits per heavy atom. The van der Waals surface area contributed by atoms with E-state index in [1.165, 1.54) is 25.3 Å². The molecule has 3 nitrogen and oxygen atoms in total. The van der Waals surface area contributed by atoms with E-state index in [0.29, 0.717) is 25.5 Å². The van der Waals surface area contributed by atoms with Gasteiger partial charge in [0.25, 0.3) is 0 Å². The lowest BCUT2D eigenvalue weighted by molar-refractivity contribution is 0.271. The van der Waals surface area contributed by atoms with Crippen molar-refractivity contribution in [2.24, 2.45) is 5.73 Å². The number of hydrogen-bond donors (Lipinski definition) is 1. The monoisotopic (exact) mass is 279 g/mol. The van der Waals surface area contributed by atoms with Crippen molar-refractivity contribution in [3.05, 3.63) is 23.5 Å². The van der Waals surface area contributed by atoms with Crippen molar-refractivity contribution in [3.8, 4) is 11.5 Å². The molecule has 0 aromatic heterocycles. The number of halogens is 1. The normalized spacial score (nSPS) is 21.3. The fourth-order valence-corrected chi connectivity index (χ4v) is 3.45. The molecule has 1 fully saturated rings. The standard InChI is InChI=1S/C16H22FNO2/c17-13-6-5-12(14-15(13)20-10-4-9-19-14)16(11-18)7-2-1-3-8-16/h5-6H,1-4,7-11,18H2. The van der Waals surface area contributed by atoms with Crippen LogP contribution in [0.1, 0.15) is 44.1 Å². The zero-order chi connectivity index (χ0) is 14.0. The molecule has 20 heavy (non-hydrogen) atoms. The number of nitrogens with two attached hydrogens (primary N) is 1. The molecule has 1 aliphatic heterocycles. The Morgan fingerprint density at radius 3 is 2.40 bits per heavy atom. The summed E-state index contributed by atoms with van der Waals surface area (Å²) in [6.45, 7) is 1.65. The van der Waals surface area contributed by atoms with Gasteiger partial charge in [-0.2, -0.15) is 0 Å². The van der Waals surface area contributed by atoms with Gasteiger partial charge in [0, 0.05) is 23.9 Å². The van der Waals surface area contributed by atoms with Crippen molar-refractivity contribution in [2.45, 2.75) is 43.9 Å². The number of fused-ring (bicyclic) bond motifs is 1. The second-order valence-corrected chi connectivity index (χ2v) is 5.85. The van der Waals surface area contributed by atoms with Crippen molar-refractivity contribution in [1.29, 1.82) is 0 Å². The molecule has 0 saturated heterocycles. The molecule has 1 saturated carbocycles. The molecule has 0 bridgehead atoms. The highest BCUT2D eigenvalue weighted by atomic mass is 19.1. The predicted octanol–water partition coefficient (Wildman–Crippen LogP) is 3.15. The average molecular weight is 279 g/mol. The van der Waals surface area contributed by atoms with Gasteiger partial charge in [-0.1, -0.05) is 25.3 Å². The van der Waals surface area contributed by atoms with Crippen LogP contribution in [0.3, 0.4) is 0 Å². The summed E-state index contributed by atoms with van der Waals surface area (Å²) in [7, 11) is 0. The summed E-state index contributed by atoms with van der Waals surface area (Å²) in [5.41, 5.74) is 7.05. The molecule has 2 N–H and O–H groups in total. The molecule has 0 radical (unpaired) electrons. The molecule has 1 aliphatic carbocycles. The average Bonchev–Trinajstić information content (AvgIpc) is 2.75. The van der Waals surface area contributed by atoms with E-state index in [4.69, 9.17) is 15.2 Å². The van der Waals surface area contributed by atoms with Crippen LogP contribution < -0.4 is 15.2 Å². The van der Waals surface area contributed by atoms with Gasteiger partial charge in [0.05, 0.1) is 13.2 Å². The highest BCUT2D eigenvalue weighted by molar-refractivity contribution is 5.52. The molecule has 1 aromatic carbocycles. The third-order valence-electron chi connectivity index (χ3n) is 4.62. The lowest BCUT2D eigenvalue weighted by Crippen LogP contribution is -2.37. The molecule has 0 unspecified atom stereocenters. The van der Waals surface area contributed by atoms with Gasteiger partial charge < -0.3 is 15.2 Å². The molecular formula is C16H22FNO2. The van der Waals surface area contributed by atoms with E-state index in [9.17, 15) is 4.39 Å². The van der Waals surface area contributed by atoms with Crippen LogP contribution in [0.2, 0.25) is 0 Å². The molecule has 3 rings (SSSR count). The minimum atomic E-state index is -0.339. The minimum absolute atomic E-state index is 0.0796. The summed E-state index contributed by atoms with van der Waals surface area (Å²) in [4.78, 5) is 0. The summed E-state index contributed by atoms with van der Waals surface area (Å²) in [6.07, 6.45) is 6.47. The lowest BCUT2D eigenvalue weighted by atomic mass is 9.69. The number of hydrogen-bond acceptors (Lipinski definition) is 3. The smallest absolute Gasteiger partial charge is 0.197 e. The van der Waals surface area contributed by atoms with Crippen molar-refractivity contribution < 1.29 is 13.9 Å². The third kappa shape index (κ3) is 2.26. The van der Waals surface area contributed by atoms with Crippen molar-refractivity contribution in [3.63, 3.8) is 0 Å². The van der Waals surface area contributed by atoms with E-state index in [1.807, 2.05) is 6.07 Å². The van der Waals surface area contributed by atoms with Gasteiger partial charge >= 0.3 is 0 Å². The maximum absolute atomic E-state index is 14.0. The quantitative estimate of drug-likeness (QED) is 0.904. The zero-order valence-electron chi connectivity index (χ0n) is 11.8. The Hall–Kier alpha value is -1.29. The van der Waals surface area contributed by atoms with Gasteiger partial charge in [0.15, 0.2) is 17.3 Å². The molecule has 4 heteroatoms. The molecule has 110 valence electrons. The molecular weight excluding hydrogens is 257 g/mol. The van der Waals surface area contributed by atoms with Crippen LogP contribution in [0.4, 0.5) is 4.39 Å². The summed E-state index contributed by atoms with van der Waals surface area (Å²) >= 11 is 0. The molecule has 2 aliphatic rings. The van der Waals surface area contributed by atoms with Crippen LogP contribution >= 0.6 is 0 Å². The maximum atomic E-state index is 14.0. The first kappa shape index (κ1) is 13.7. The molecule has 1 aromatic rings. The second kappa shape index (κ2) is 5.60. The first-order valence-electron chi connectivity index (χ1n) is 7.55. The third-order valence-corrected chi connectivity index (χ3v) is 4.62. The predicted molar refractivity (Wildman–Crippen MR) is 75.8 cm³/mol. The molecule has 0 atom stereocenters. The Kier molecular flexibility index (Phi) is 3.83. The second-order valence-electron chi connectivity index (χ2n) is 5.85. The fraction of sp³-hybridized carbons (Fsp3) is 0.625. The maximum Gasteiger partial charge on any atom is 0.197 e. The van der Waals surface area contributed by atoms with E-state index in [-0.39, 0.29) is 17.0 Å². The van der Waals surface area contributed by atoms with E-state index >= 15 is 0 Å². The van der Waals surface area contributed by atoms with E-state index in [2.05, 4.69) is 0 Å². The van der Waals surface area contributed by atoms with Gasteiger partial charge in [-0.25, -0.2) is 4.39 Å². The summed E-state index contributed by atoms with van der Waals surface area (Å²) in [5.74, 6) is 0.530. The first-order chi connectivity index (χ1) is 9.77. The summed E-state index contributed by atoms with van der Waals surface area (Å²) in [5, 5.41) is 0. The zero-order valence-corrected chi connectivity index (χ0v) is 11.8. The van der Waals surface area contributed by atoms with E-state index < -0.39 is 0 Å². The number of benzene rings is 1. The SMILES string of the molecule is NCC1(c2ccc(F)c3c2OCCCO3)CCCCC1. The fourth-order valence-electron chi connectivity index (χ4n) is 3.45. The highest BCUT2D eigenvalue weighted by Gasteiger charge is 2.37. The summed E-state index contributed by atoms with van der Waals surface area (Å²) < 4.78 is 25.4. The number of ether oxygens (including phenoxy) is 2. The van der Waals surface area contributed by atoms with E-state index in [0.717, 1.165) is 24.8 Å². The van der Waals surface area contributed by atoms with Crippen LogP contribution in [0.5, 0.6) is 11.5 Å². The van der Waals surface area contributed by atoms with Crippen LogP contribution in [0.15, 0.2) is 12.1 Å². The van der Waals surface area contributed by atoms with E-state index in [1.54, 1.807) is 0 Å². The van der Waals surface area contributed by atoms with Crippen LogP contribution in [0.25, 0.3) is 0 Å². The highest BCUT2D eigenvalue weighted by Crippen LogP contribution is 2.47. The van der Waals surface area contributed by atoms with Crippen LogP contribution in [-0.4, -0.2) is 19.8 Å². The van der Waals surface area contributed by atoms with Gasteiger partial charge in [-0.3, -0.25) is 0 Å². The molecule has 1 heterocycles. The molecule has 0 spiro atoms. The van der Waals surface area contributed by atoms with Gasteiger partial charge in [-0.05, 0) is 18.9 Å². The number of rotatable bonds is 2. The van der Waals surface area contributed by atoms with Gasteiger partial charge in [0.2, 0.25) is 0 Å². The molecule has 0 amide bonds. The largest absolute Gasteiger partial charge is 0.489 e. The Morgan fingerprint density at radius 1 is 1.00 bits per heavy atom.